The van der Waals surface area contributed by atoms with Gasteiger partial charge in [-0.1, -0.05) is 13.0 Å². The van der Waals surface area contributed by atoms with Crippen molar-refractivity contribution in [3.05, 3.63) is 35.8 Å². The first-order valence-corrected chi connectivity index (χ1v) is 8.51. The van der Waals surface area contributed by atoms with Crippen LogP contribution in [0.15, 0.2) is 24.4 Å². The Morgan fingerprint density at radius 3 is 3.13 bits per heavy atom. The third-order valence-corrected chi connectivity index (χ3v) is 4.44. The molecule has 5 nitrogen and oxygen atoms in total. The predicted octanol–water partition coefficient (Wildman–Crippen LogP) is 2.60. The van der Waals surface area contributed by atoms with Crippen molar-refractivity contribution in [2.75, 3.05) is 19.7 Å². The van der Waals surface area contributed by atoms with Crippen molar-refractivity contribution in [2.45, 2.75) is 45.6 Å². The van der Waals surface area contributed by atoms with Crippen LogP contribution < -0.4 is 0 Å². The highest BCUT2D eigenvalue weighted by Gasteiger charge is 2.25. The quantitative estimate of drug-likeness (QED) is 0.852. The van der Waals surface area contributed by atoms with Crippen LogP contribution >= 0.6 is 0 Å². The normalized spacial score (nSPS) is 18.5. The van der Waals surface area contributed by atoms with Crippen LogP contribution in [0.3, 0.4) is 0 Å². The number of carbonyl (C=O) groups is 1. The number of aromatic nitrogens is 2. The lowest BCUT2D eigenvalue weighted by atomic mass is 10.1. The molecule has 3 rings (SSSR count). The average Bonchev–Trinajstić information content (AvgIpc) is 2.89. The van der Waals surface area contributed by atoms with E-state index in [0.29, 0.717) is 13.0 Å². The number of carbonyl (C=O) groups excluding carboxylic acids is 1. The summed E-state index contributed by atoms with van der Waals surface area (Å²) in [5.41, 5.74) is 2.82. The maximum Gasteiger partial charge on any atom is 0.228 e. The average molecular weight is 315 g/mol. The standard InChI is InChI=1S/C18H25N3O2/c1-3-11-23-15-7-6-9-20(13-15)18(22)12-16-14(2)19-17-8-4-5-10-21(16)17/h4-5,8,10,15H,3,6-7,9,11-13H2,1-2H3/t15-/m1/s1. The van der Waals surface area contributed by atoms with E-state index in [9.17, 15) is 4.79 Å². The third-order valence-electron chi connectivity index (χ3n) is 4.44. The van der Waals surface area contributed by atoms with Crippen LogP contribution in [0.2, 0.25) is 0 Å². The van der Waals surface area contributed by atoms with Crippen molar-refractivity contribution in [1.82, 2.24) is 14.3 Å². The Labute approximate surface area is 137 Å². The van der Waals surface area contributed by atoms with Crippen molar-refractivity contribution in [3.63, 3.8) is 0 Å². The van der Waals surface area contributed by atoms with Gasteiger partial charge in [0.1, 0.15) is 5.65 Å². The summed E-state index contributed by atoms with van der Waals surface area (Å²) < 4.78 is 7.85. The maximum absolute atomic E-state index is 12.7. The summed E-state index contributed by atoms with van der Waals surface area (Å²) >= 11 is 0. The molecule has 2 aromatic heterocycles. The summed E-state index contributed by atoms with van der Waals surface area (Å²) in [6, 6.07) is 5.90. The predicted molar refractivity (Wildman–Crippen MR) is 89.5 cm³/mol. The topological polar surface area (TPSA) is 46.8 Å². The first-order valence-electron chi connectivity index (χ1n) is 8.51. The third kappa shape index (κ3) is 3.55. The molecule has 3 heterocycles. The molecule has 124 valence electrons. The number of nitrogens with zero attached hydrogens (tertiary/aromatic N) is 3. The fourth-order valence-electron chi connectivity index (χ4n) is 3.22. The molecule has 0 N–H and O–H groups in total. The van der Waals surface area contributed by atoms with Crippen molar-refractivity contribution in [3.8, 4) is 0 Å². The van der Waals surface area contributed by atoms with Crippen LogP contribution in [0, 0.1) is 6.92 Å². The van der Waals surface area contributed by atoms with Gasteiger partial charge in [-0.25, -0.2) is 4.98 Å². The number of pyridine rings is 1. The zero-order valence-corrected chi connectivity index (χ0v) is 14.0. The molecule has 0 radical (unpaired) electrons. The van der Waals surface area contributed by atoms with Crippen LogP contribution in [0.25, 0.3) is 5.65 Å². The SMILES string of the molecule is CCCO[C@@H]1CCCN(C(=O)Cc2c(C)nc3ccccn23)C1. The van der Waals surface area contributed by atoms with E-state index in [1.165, 1.54) is 0 Å². The van der Waals surface area contributed by atoms with Gasteiger partial charge in [0.15, 0.2) is 0 Å². The molecule has 2 aromatic rings. The van der Waals surface area contributed by atoms with Gasteiger partial charge in [-0.05, 0) is 38.3 Å². The summed E-state index contributed by atoms with van der Waals surface area (Å²) in [7, 11) is 0. The van der Waals surface area contributed by atoms with Crippen molar-refractivity contribution in [1.29, 1.82) is 0 Å². The van der Waals surface area contributed by atoms with Gasteiger partial charge >= 0.3 is 0 Å². The van der Waals surface area contributed by atoms with E-state index in [4.69, 9.17) is 4.74 Å². The molecule has 1 amide bonds. The zero-order valence-electron chi connectivity index (χ0n) is 14.0. The molecule has 1 aliphatic rings. The van der Waals surface area contributed by atoms with Gasteiger partial charge in [-0.2, -0.15) is 0 Å². The van der Waals surface area contributed by atoms with E-state index in [0.717, 1.165) is 49.4 Å². The molecule has 5 heteroatoms. The van der Waals surface area contributed by atoms with Gasteiger partial charge in [0.25, 0.3) is 0 Å². The number of hydrogen-bond acceptors (Lipinski definition) is 3. The Balaban J connectivity index is 1.69. The summed E-state index contributed by atoms with van der Waals surface area (Å²) in [5.74, 6) is 0.170. The summed E-state index contributed by atoms with van der Waals surface area (Å²) in [6.07, 6.45) is 5.66. The van der Waals surface area contributed by atoms with Crippen molar-refractivity contribution >= 4 is 11.6 Å². The van der Waals surface area contributed by atoms with E-state index in [1.807, 2.05) is 40.6 Å². The molecule has 1 atom stereocenters. The second kappa shape index (κ2) is 7.13. The van der Waals surface area contributed by atoms with E-state index < -0.39 is 0 Å². The Morgan fingerprint density at radius 2 is 2.30 bits per heavy atom. The molecule has 0 unspecified atom stereocenters. The Kier molecular flexibility index (Phi) is 4.96. The Bertz CT molecular complexity index is 680. The molecule has 0 aliphatic carbocycles. The van der Waals surface area contributed by atoms with Gasteiger partial charge in [0, 0.05) is 25.9 Å². The first kappa shape index (κ1) is 16.0. The number of fused-ring (bicyclic) bond motifs is 1. The van der Waals surface area contributed by atoms with Crippen molar-refractivity contribution in [2.24, 2.45) is 0 Å². The minimum absolute atomic E-state index is 0.170. The molecule has 0 spiro atoms. The molecule has 0 saturated carbocycles. The number of piperidine rings is 1. The minimum Gasteiger partial charge on any atom is -0.376 e. The van der Waals surface area contributed by atoms with Crippen LogP contribution in [0.5, 0.6) is 0 Å². The summed E-state index contributed by atoms with van der Waals surface area (Å²) in [6.45, 7) is 6.41. The monoisotopic (exact) mass is 315 g/mol. The fourth-order valence-corrected chi connectivity index (χ4v) is 3.22. The maximum atomic E-state index is 12.7. The molecule has 23 heavy (non-hydrogen) atoms. The Morgan fingerprint density at radius 1 is 1.43 bits per heavy atom. The lowest BCUT2D eigenvalue weighted by Crippen LogP contribution is -2.44. The van der Waals surface area contributed by atoms with Crippen LogP contribution in [0.4, 0.5) is 0 Å². The minimum atomic E-state index is 0.170. The molecular weight excluding hydrogens is 290 g/mol. The molecule has 0 bridgehead atoms. The van der Waals surface area contributed by atoms with Gasteiger partial charge in [-0.15, -0.1) is 0 Å². The summed E-state index contributed by atoms with van der Waals surface area (Å²) in [5, 5.41) is 0. The Hall–Kier alpha value is -1.88. The second-order valence-electron chi connectivity index (χ2n) is 6.22. The highest BCUT2D eigenvalue weighted by molar-refractivity contribution is 5.79. The number of imidazole rings is 1. The number of rotatable bonds is 5. The van der Waals surface area contributed by atoms with Gasteiger partial charge in [0.2, 0.25) is 5.91 Å². The number of likely N-dealkylation sites (tertiary alicyclic amines) is 1. The molecular formula is C18H25N3O2. The van der Waals surface area contributed by atoms with Crippen molar-refractivity contribution < 1.29 is 9.53 Å². The van der Waals surface area contributed by atoms with Crippen LogP contribution in [-0.2, 0) is 16.0 Å². The van der Waals surface area contributed by atoms with E-state index >= 15 is 0 Å². The van der Waals surface area contributed by atoms with Gasteiger partial charge in [-0.3, -0.25) is 4.79 Å². The number of amides is 1. The first-order chi connectivity index (χ1) is 11.2. The summed E-state index contributed by atoms with van der Waals surface area (Å²) in [4.78, 5) is 19.2. The zero-order chi connectivity index (χ0) is 16.2. The largest absolute Gasteiger partial charge is 0.376 e. The lowest BCUT2D eigenvalue weighted by Gasteiger charge is -2.32. The van der Waals surface area contributed by atoms with E-state index in [-0.39, 0.29) is 12.0 Å². The van der Waals surface area contributed by atoms with E-state index in [2.05, 4.69) is 11.9 Å². The van der Waals surface area contributed by atoms with Crippen LogP contribution in [0.1, 0.15) is 37.6 Å². The highest BCUT2D eigenvalue weighted by Crippen LogP contribution is 2.17. The van der Waals surface area contributed by atoms with Gasteiger partial charge < -0.3 is 14.0 Å². The number of ether oxygens (including phenoxy) is 1. The lowest BCUT2D eigenvalue weighted by molar-refractivity contribution is -0.134. The fraction of sp³-hybridized carbons (Fsp3) is 0.556. The smallest absolute Gasteiger partial charge is 0.228 e. The molecule has 0 aromatic carbocycles. The number of hydrogen-bond donors (Lipinski definition) is 0. The molecule has 1 aliphatic heterocycles. The molecule has 1 saturated heterocycles. The highest BCUT2D eigenvalue weighted by atomic mass is 16.5. The second-order valence-corrected chi connectivity index (χ2v) is 6.22. The number of aryl methyl sites for hydroxylation is 1. The van der Waals surface area contributed by atoms with Gasteiger partial charge in [0.05, 0.1) is 23.9 Å². The molecule has 1 fully saturated rings. The van der Waals surface area contributed by atoms with E-state index in [1.54, 1.807) is 0 Å². The van der Waals surface area contributed by atoms with Crippen LogP contribution in [-0.4, -0.2) is 46.0 Å².